The van der Waals surface area contributed by atoms with Crippen molar-refractivity contribution in [2.24, 2.45) is 0 Å². The zero-order chi connectivity index (χ0) is 31.7. The Bertz CT molecular complexity index is 1450. The van der Waals surface area contributed by atoms with Crippen LogP contribution in [0.4, 0.5) is 9.18 Å². The number of pyridine rings is 1. The number of hydrogen-bond acceptors (Lipinski definition) is 5. The van der Waals surface area contributed by atoms with E-state index in [1.807, 2.05) is 26.8 Å². The van der Waals surface area contributed by atoms with E-state index in [1.54, 1.807) is 24.3 Å². The first-order chi connectivity index (χ1) is 20.2. The maximum atomic E-state index is 14.3. The summed E-state index contributed by atoms with van der Waals surface area (Å²) in [5.74, 6) is 0.257. The van der Waals surface area contributed by atoms with E-state index in [0.717, 1.165) is 22.2 Å². The van der Waals surface area contributed by atoms with Gasteiger partial charge in [-0.05, 0) is 85.3 Å². The first-order valence-corrected chi connectivity index (χ1v) is 17.5. The van der Waals surface area contributed by atoms with Gasteiger partial charge in [-0.25, -0.2) is 14.2 Å². The number of nitrogens with one attached hydrogen (secondary N) is 1. The van der Waals surface area contributed by atoms with Gasteiger partial charge in [-0.15, -0.1) is 0 Å². The van der Waals surface area contributed by atoms with E-state index in [1.165, 1.54) is 12.1 Å². The fourth-order valence-corrected chi connectivity index (χ4v) is 12.3. The predicted octanol–water partition coefficient (Wildman–Crippen LogP) is 8.96. The summed E-state index contributed by atoms with van der Waals surface area (Å²) in [6, 6.07) is 8.26. The molecule has 0 saturated carbocycles. The number of nitrogens with zero attached hydrogens (tertiary/aromatic N) is 2. The van der Waals surface area contributed by atoms with Gasteiger partial charge < -0.3 is 18.9 Å². The Morgan fingerprint density at radius 2 is 1.74 bits per heavy atom. The molecule has 2 aromatic heterocycles. The lowest BCUT2D eigenvalue weighted by molar-refractivity contribution is 0.0124. The van der Waals surface area contributed by atoms with Gasteiger partial charge in [0.15, 0.2) is 8.32 Å². The van der Waals surface area contributed by atoms with Crippen molar-refractivity contribution < 1.29 is 23.1 Å². The van der Waals surface area contributed by atoms with Crippen molar-refractivity contribution in [1.82, 2.24) is 14.9 Å². The summed E-state index contributed by atoms with van der Waals surface area (Å²) < 4.78 is 32.7. The molecule has 3 heterocycles. The van der Waals surface area contributed by atoms with Crippen LogP contribution in [0.3, 0.4) is 0 Å². The molecule has 1 N–H and O–H groups in total. The lowest BCUT2D eigenvalue weighted by Gasteiger charge is -2.44. The van der Waals surface area contributed by atoms with E-state index >= 15 is 0 Å². The second-order valence-corrected chi connectivity index (χ2v) is 19.0. The Morgan fingerprint density at radius 3 is 2.35 bits per heavy atom. The second-order valence-electron chi connectivity index (χ2n) is 13.5. The summed E-state index contributed by atoms with van der Waals surface area (Å²) >= 11 is 0. The number of carbonyl (C=O) groups excluding carboxylic acids is 1. The van der Waals surface area contributed by atoms with E-state index in [4.69, 9.17) is 13.9 Å². The molecule has 0 radical (unpaired) electrons. The molecule has 0 fully saturated rings. The summed E-state index contributed by atoms with van der Waals surface area (Å²) in [6.45, 7) is 20.1. The Balaban J connectivity index is 1.71. The highest BCUT2D eigenvalue weighted by atomic mass is 28.4. The zero-order valence-corrected chi connectivity index (χ0v) is 28.4. The Kier molecular flexibility index (Phi) is 9.76. The van der Waals surface area contributed by atoms with E-state index in [2.05, 4.69) is 63.7 Å². The quantitative estimate of drug-likeness (QED) is 0.245. The van der Waals surface area contributed by atoms with E-state index < -0.39 is 13.9 Å². The third-order valence-corrected chi connectivity index (χ3v) is 14.7. The van der Waals surface area contributed by atoms with Crippen molar-refractivity contribution >= 4 is 31.0 Å². The number of halogens is 1. The topological polar surface area (TPSA) is 76.7 Å². The third kappa shape index (κ3) is 6.83. The van der Waals surface area contributed by atoms with Crippen LogP contribution in [0.5, 0.6) is 5.75 Å². The van der Waals surface area contributed by atoms with Crippen LogP contribution in [0, 0.1) is 5.82 Å². The van der Waals surface area contributed by atoms with Gasteiger partial charge in [0.1, 0.15) is 22.8 Å². The van der Waals surface area contributed by atoms with Gasteiger partial charge in [-0.1, -0.05) is 47.6 Å². The predicted molar refractivity (Wildman–Crippen MR) is 174 cm³/mol. The second kappa shape index (κ2) is 12.8. The summed E-state index contributed by atoms with van der Waals surface area (Å²) in [7, 11) is -0.586. The summed E-state index contributed by atoms with van der Waals surface area (Å²) in [6.07, 6.45) is 4.06. The van der Waals surface area contributed by atoms with Crippen LogP contribution >= 0.6 is 0 Å². The number of fused-ring (bicyclic) bond motifs is 1. The molecule has 0 spiro atoms. The minimum Gasteiger partial charge on any atom is -0.496 e. The first-order valence-electron chi connectivity index (χ1n) is 15.3. The number of amides is 1. The molecule has 4 rings (SSSR count). The monoisotopic (exact) mass is 609 g/mol. The van der Waals surface area contributed by atoms with Crippen molar-refractivity contribution in [3.8, 4) is 16.9 Å². The van der Waals surface area contributed by atoms with Crippen LogP contribution in [0.2, 0.25) is 16.6 Å². The van der Waals surface area contributed by atoms with Gasteiger partial charge >= 0.3 is 6.09 Å². The van der Waals surface area contributed by atoms with Crippen molar-refractivity contribution in [3.05, 3.63) is 54.1 Å². The molecule has 0 saturated heterocycles. The van der Waals surface area contributed by atoms with Crippen LogP contribution in [0.1, 0.15) is 74.4 Å². The minimum absolute atomic E-state index is 0.194. The number of benzene rings is 1. The standard InChI is InChI=1S/C34H48FN3O4Si/c1-21(2)43(22(3)4,23(5)6)41-20-26-17-24(14-16-38(26)33(39)42-34(7,8)9)30-19-29-27(13-15-36-32(29)37-30)28-18-25(35)11-12-31(28)40-10/h11-15,18-19,21-23,26H,16-17,20H2,1-10H3,(H,36,37). The maximum Gasteiger partial charge on any atom is 0.410 e. The zero-order valence-electron chi connectivity index (χ0n) is 27.4. The van der Waals surface area contributed by atoms with Crippen LogP contribution in [0.25, 0.3) is 27.7 Å². The van der Waals surface area contributed by atoms with Crippen LogP contribution < -0.4 is 4.74 Å². The molecule has 3 aromatic rings. The SMILES string of the molecule is COc1ccc(F)cc1-c1ccnc2[nH]c(C3=CCN(C(=O)OC(C)(C)C)C(CO[Si](C(C)C)(C(C)C)C(C)C)C3)cc12. The average Bonchev–Trinajstić information content (AvgIpc) is 3.36. The highest BCUT2D eigenvalue weighted by Gasteiger charge is 2.46. The lowest BCUT2D eigenvalue weighted by Crippen LogP contribution is -2.53. The molecule has 0 bridgehead atoms. The number of ether oxygens (including phenoxy) is 2. The Hall–Kier alpha value is -3.17. The van der Waals surface area contributed by atoms with Gasteiger partial charge in [0.05, 0.1) is 19.8 Å². The van der Waals surface area contributed by atoms with E-state index in [-0.39, 0.29) is 18.0 Å². The fourth-order valence-electron chi connectivity index (χ4n) is 6.78. The number of aromatic nitrogens is 2. The minimum atomic E-state index is -2.17. The number of hydrogen-bond donors (Lipinski definition) is 1. The smallest absolute Gasteiger partial charge is 0.410 e. The van der Waals surface area contributed by atoms with E-state index in [9.17, 15) is 9.18 Å². The summed E-state index contributed by atoms with van der Waals surface area (Å²) in [5.41, 5.74) is 4.88. The molecule has 1 amide bonds. The van der Waals surface area contributed by atoms with Crippen molar-refractivity contribution in [3.63, 3.8) is 0 Å². The summed E-state index contributed by atoms with van der Waals surface area (Å²) in [4.78, 5) is 23.2. The first kappa shape index (κ1) is 32.7. The number of methoxy groups -OCH3 is 1. The van der Waals surface area contributed by atoms with Gasteiger partial charge in [-0.2, -0.15) is 0 Å². The van der Waals surface area contributed by atoms with Gasteiger partial charge in [0.25, 0.3) is 0 Å². The number of carbonyl (C=O) groups is 1. The molecule has 9 heteroatoms. The number of H-pyrrole nitrogens is 1. The lowest BCUT2D eigenvalue weighted by atomic mass is 9.97. The average molecular weight is 610 g/mol. The normalized spacial score (nSPS) is 16.4. The number of rotatable bonds is 9. The van der Waals surface area contributed by atoms with Crippen molar-refractivity contribution in [2.75, 3.05) is 20.3 Å². The highest BCUT2D eigenvalue weighted by Crippen LogP contribution is 2.43. The molecule has 0 aliphatic carbocycles. The molecular weight excluding hydrogens is 561 g/mol. The maximum absolute atomic E-state index is 14.3. The molecule has 234 valence electrons. The molecule has 43 heavy (non-hydrogen) atoms. The molecule has 1 atom stereocenters. The largest absolute Gasteiger partial charge is 0.496 e. The molecular formula is C34H48FN3O4Si. The van der Waals surface area contributed by atoms with Crippen molar-refractivity contribution in [2.45, 2.75) is 97.0 Å². The summed E-state index contributed by atoms with van der Waals surface area (Å²) in [5, 5.41) is 0.871. The third-order valence-electron chi connectivity index (χ3n) is 8.62. The highest BCUT2D eigenvalue weighted by molar-refractivity contribution is 6.77. The Labute approximate surface area is 256 Å². The molecule has 1 aliphatic heterocycles. The van der Waals surface area contributed by atoms with Crippen LogP contribution in [-0.4, -0.2) is 61.2 Å². The van der Waals surface area contributed by atoms with Crippen molar-refractivity contribution in [1.29, 1.82) is 0 Å². The van der Waals surface area contributed by atoms with E-state index in [0.29, 0.717) is 53.2 Å². The molecule has 1 aromatic carbocycles. The van der Waals surface area contributed by atoms with Gasteiger partial charge in [0.2, 0.25) is 0 Å². The van der Waals surface area contributed by atoms with Crippen LogP contribution in [0.15, 0.2) is 42.6 Å². The Morgan fingerprint density at radius 1 is 1.07 bits per heavy atom. The number of aromatic amines is 1. The van der Waals surface area contributed by atoms with Crippen LogP contribution in [-0.2, 0) is 9.16 Å². The fraction of sp³-hybridized carbons (Fsp3) is 0.529. The molecule has 7 nitrogen and oxygen atoms in total. The molecule has 1 aliphatic rings. The van der Waals surface area contributed by atoms with Gasteiger partial charge in [-0.3, -0.25) is 4.90 Å². The van der Waals surface area contributed by atoms with Gasteiger partial charge in [0, 0.05) is 29.4 Å². The molecule has 1 unspecified atom stereocenters.